The van der Waals surface area contributed by atoms with Gasteiger partial charge in [0.05, 0.1) is 25.0 Å². The predicted octanol–water partition coefficient (Wildman–Crippen LogP) is 2.32. The van der Waals surface area contributed by atoms with Crippen molar-refractivity contribution in [3.05, 3.63) is 46.7 Å². The number of nitrogens with zero attached hydrogens (tertiary/aromatic N) is 2. The molecule has 0 radical (unpaired) electrons. The number of ether oxygens (including phenoxy) is 1. The molecule has 18 heavy (non-hydrogen) atoms. The average Bonchev–Trinajstić information content (AvgIpc) is 2.73. The zero-order valence-electron chi connectivity index (χ0n) is 10.4. The van der Waals surface area contributed by atoms with Gasteiger partial charge in [-0.2, -0.15) is 5.10 Å². The monoisotopic (exact) mass is 265 g/mol. The highest BCUT2D eigenvalue weighted by Crippen LogP contribution is 2.27. The fourth-order valence-corrected chi connectivity index (χ4v) is 2.22. The van der Waals surface area contributed by atoms with Crippen molar-refractivity contribution in [1.29, 1.82) is 0 Å². The predicted molar refractivity (Wildman–Crippen MR) is 71.8 cm³/mol. The lowest BCUT2D eigenvalue weighted by molar-refractivity contribution is 0.402. The van der Waals surface area contributed by atoms with Gasteiger partial charge in [0.15, 0.2) is 5.75 Å². The number of rotatable bonds is 4. The Hall–Kier alpha value is -1.52. The summed E-state index contributed by atoms with van der Waals surface area (Å²) in [7, 11) is 3.47. The highest BCUT2D eigenvalue weighted by Gasteiger charge is 2.18. The van der Waals surface area contributed by atoms with E-state index in [9.17, 15) is 0 Å². The van der Waals surface area contributed by atoms with Gasteiger partial charge in [0, 0.05) is 12.1 Å². The third kappa shape index (κ3) is 2.49. The summed E-state index contributed by atoms with van der Waals surface area (Å²) in [6.45, 7) is 0. The van der Waals surface area contributed by atoms with Gasteiger partial charge in [-0.15, -0.1) is 0 Å². The van der Waals surface area contributed by atoms with Gasteiger partial charge in [-0.1, -0.05) is 29.8 Å². The van der Waals surface area contributed by atoms with Crippen LogP contribution in [0.2, 0.25) is 5.02 Å². The quantitative estimate of drug-likeness (QED) is 0.923. The fraction of sp³-hybridized carbons (Fsp3) is 0.308. The first kappa shape index (κ1) is 12.9. The van der Waals surface area contributed by atoms with Crippen LogP contribution in [0.15, 0.2) is 30.5 Å². The molecule has 0 saturated carbocycles. The van der Waals surface area contributed by atoms with Gasteiger partial charge in [-0.3, -0.25) is 4.68 Å². The summed E-state index contributed by atoms with van der Waals surface area (Å²) in [6.07, 6.45) is 2.32. The van der Waals surface area contributed by atoms with Crippen molar-refractivity contribution in [3.8, 4) is 5.75 Å². The zero-order valence-corrected chi connectivity index (χ0v) is 11.2. The summed E-state index contributed by atoms with van der Waals surface area (Å²) in [5.41, 5.74) is 8.11. The molecule has 0 aliphatic carbocycles. The molecule has 0 spiro atoms. The highest BCUT2D eigenvalue weighted by atomic mass is 35.5. The highest BCUT2D eigenvalue weighted by molar-refractivity contribution is 6.31. The van der Waals surface area contributed by atoms with Crippen molar-refractivity contribution < 1.29 is 4.74 Å². The molecule has 1 aromatic heterocycles. The first-order valence-electron chi connectivity index (χ1n) is 5.68. The van der Waals surface area contributed by atoms with Crippen molar-refractivity contribution in [2.24, 2.45) is 12.8 Å². The minimum Gasteiger partial charge on any atom is -0.493 e. The second-order valence-electron chi connectivity index (χ2n) is 4.12. The number of halogens is 1. The van der Waals surface area contributed by atoms with Gasteiger partial charge in [0.25, 0.3) is 0 Å². The van der Waals surface area contributed by atoms with Crippen LogP contribution in [-0.4, -0.2) is 16.9 Å². The Morgan fingerprint density at radius 2 is 2.17 bits per heavy atom. The SMILES string of the molecule is COc1cnn(C)c1C(N)Cc1ccccc1Cl. The molecule has 2 aromatic rings. The number of aromatic nitrogens is 2. The van der Waals surface area contributed by atoms with Gasteiger partial charge < -0.3 is 10.5 Å². The molecule has 0 saturated heterocycles. The smallest absolute Gasteiger partial charge is 0.161 e. The third-order valence-corrected chi connectivity index (χ3v) is 3.29. The number of aryl methyl sites for hydroxylation is 1. The molecule has 0 amide bonds. The fourth-order valence-electron chi connectivity index (χ4n) is 2.00. The Kier molecular flexibility index (Phi) is 3.89. The van der Waals surface area contributed by atoms with E-state index in [1.54, 1.807) is 18.0 Å². The van der Waals surface area contributed by atoms with Crippen LogP contribution in [0.1, 0.15) is 17.3 Å². The summed E-state index contributed by atoms with van der Waals surface area (Å²) in [5.74, 6) is 0.706. The molecule has 5 heteroatoms. The minimum absolute atomic E-state index is 0.202. The molecule has 1 unspecified atom stereocenters. The Morgan fingerprint density at radius 1 is 1.44 bits per heavy atom. The van der Waals surface area contributed by atoms with Crippen LogP contribution in [0.5, 0.6) is 5.75 Å². The second kappa shape index (κ2) is 5.42. The molecular formula is C13H16ClN3O. The van der Waals surface area contributed by atoms with E-state index in [1.165, 1.54) is 0 Å². The van der Waals surface area contributed by atoms with Crippen LogP contribution >= 0.6 is 11.6 Å². The van der Waals surface area contributed by atoms with Gasteiger partial charge in [-0.25, -0.2) is 0 Å². The molecular weight excluding hydrogens is 250 g/mol. The second-order valence-corrected chi connectivity index (χ2v) is 4.53. The van der Waals surface area contributed by atoms with E-state index in [0.717, 1.165) is 16.3 Å². The Labute approximate surface area is 111 Å². The summed E-state index contributed by atoms with van der Waals surface area (Å²) in [4.78, 5) is 0. The van der Waals surface area contributed by atoms with E-state index in [1.807, 2.05) is 31.3 Å². The first-order chi connectivity index (χ1) is 8.63. The van der Waals surface area contributed by atoms with E-state index in [4.69, 9.17) is 22.1 Å². The molecule has 2 N–H and O–H groups in total. The largest absolute Gasteiger partial charge is 0.493 e. The van der Waals surface area contributed by atoms with Gasteiger partial charge >= 0.3 is 0 Å². The van der Waals surface area contributed by atoms with Crippen LogP contribution in [0.25, 0.3) is 0 Å². The number of hydrogen-bond donors (Lipinski definition) is 1. The molecule has 1 heterocycles. The Morgan fingerprint density at radius 3 is 2.83 bits per heavy atom. The molecule has 0 aliphatic heterocycles. The lowest BCUT2D eigenvalue weighted by Gasteiger charge is -2.14. The molecule has 96 valence electrons. The maximum atomic E-state index is 6.22. The normalized spacial score (nSPS) is 12.4. The lowest BCUT2D eigenvalue weighted by atomic mass is 10.0. The zero-order chi connectivity index (χ0) is 13.1. The molecule has 0 fully saturated rings. The summed E-state index contributed by atoms with van der Waals surface area (Å²) in [5, 5.41) is 4.88. The van der Waals surface area contributed by atoms with Crippen molar-refractivity contribution in [3.63, 3.8) is 0 Å². The van der Waals surface area contributed by atoms with Gasteiger partial charge in [0.1, 0.15) is 0 Å². The summed E-state index contributed by atoms with van der Waals surface area (Å²) >= 11 is 6.13. The first-order valence-corrected chi connectivity index (χ1v) is 6.06. The lowest BCUT2D eigenvalue weighted by Crippen LogP contribution is -2.18. The van der Waals surface area contributed by atoms with Crippen LogP contribution in [0.3, 0.4) is 0 Å². The summed E-state index contributed by atoms with van der Waals surface area (Å²) in [6, 6.07) is 7.50. The maximum absolute atomic E-state index is 6.22. The molecule has 0 bridgehead atoms. The van der Waals surface area contributed by atoms with Crippen LogP contribution in [0.4, 0.5) is 0 Å². The van der Waals surface area contributed by atoms with Crippen molar-refractivity contribution >= 4 is 11.6 Å². The van der Waals surface area contributed by atoms with E-state index in [-0.39, 0.29) is 6.04 Å². The van der Waals surface area contributed by atoms with E-state index in [0.29, 0.717) is 12.2 Å². The van der Waals surface area contributed by atoms with E-state index < -0.39 is 0 Å². The number of methoxy groups -OCH3 is 1. The molecule has 1 aromatic carbocycles. The maximum Gasteiger partial charge on any atom is 0.161 e. The number of nitrogens with two attached hydrogens (primary N) is 1. The number of benzene rings is 1. The van der Waals surface area contributed by atoms with Crippen molar-refractivity contribution in [1.82, 2.24) is 9.78 Å². The van der Waals surface area contributed by atoms with Crippen molar-refractivity contribution in [2.75, 3.05) is 7.11 Å². The molecule has 1 atom stereocenters. The number of hydrogen-bond acceptors (Lipinski definition) is 3. The Bertz CT molecular complexity index is 539. The third-order valence-electron chi connectivity index (χ3n) is 2.92. The van der Waals surface area contributed by atoms with Crippen LogP contribution in [0, 0.1) is 0 Å². The summed E-state index contributed by atoms with van der Waals surface area (Å²) < 4.78 is 7.00. The molecule has 0 aliphatic rings. The van der Waals surface area contributed by atoms with Gasteiger partial charge in [0.2, 0.25) is 0 Å². The van der Waals surface area contributed by atoms with Crippen molar-refractivity contribution in [2.45, 2.75) is 12.5 Å². The topological polar surface area (TPSA) is 53.1 Å². The minimum atomic E-state index is -0.202. The van der Waals surface area contributed by atoms with E-state index in [2.05, 4.69) is 5.10 Å². The van der Waals surface area contributed by atoms with Gasteiger partial charge in [-0.05, 0) is 18.1 Å². The van der Waals surface area contributed by atoms with Crippen LogP contribution < -0.4 is 10.5 Å². The molecule has 2 rings (SSSR count). The molecule has 4 nitrogen and oxygen atoms in total. The Balaban J connectivity index is 2.24. The van der Waals surface area contributed by atoms with E-state index >= 15 is 0 Å². The standard InChI is InChI=1S/C13H16ClN3O/c1-17-13(12(18-2)8-16-17)11(15)7-9-5-3-4-6-10(9)14/h3-6,8,11H,7,15H2,1-2H3. The average molecular weight is 266 g/mol. The van der Waals surface area contributed by atoms with Crippen LogP contribution in [-0.2, 0) is 13.5 Å².